The summed E-state index contributed by atoms with van der Waals surface area (Å²) in [6.45, 7) is 8.45. The number of ether oxygens (including phenoxy) is 1. The fourth-order valence-electron chi connectivity index (χ4n) is 1.91. The first-order valence-electron chi connectivity index (χ1n) is 6.83. The Morgan fingerprint density at radius 3 is 2.05 bits per heavy atom. The van der Waals surface area contributed by atoms with E-state index in [4.69, 9.17) is 4.74 Å². The first-order valence-corrected chi connectivity index (χ1v) is 6.83. The lowest BCUT2D eigenvalue weighted by atomic mass is 9.85. The van der Waals surface area contributed by atoms with Crippen molar-refractivity contribution in [1.29, 1.82) is 0 Å². The Labute approximate surface area is 115 Å². The largest absolute Gasteiger partial charge is 0.481 e. The molecule has 0 aliphatic heterocycles. The van der Waals surface area contributed by atoms with E-state index < -0.39 is 23.8 Å². The summed E-state index contributed by atoms with van der Waals surface area (Å²) in [5, 5.41) is 12.1. The molecule has 0 aliphatic carbocycles. The number of rotatable bonds is 9. The van der Waals surface area contributed by atoms with E-state index in [1.165, 1.54) is 0 Å². The smallest absolute Gasteiger partial charge is 0.309 e. The van der Waals surface area contributed by atoms with Crippen LogP contribution in [-0.4, -0.2) is 37.2 Å². The molecule has 0 aromatic rings. The molecule has 0 bridgehead atoms. The minimum atomic E-state index is -0.957. The molecule has 2 N–H and O–H groups in total. The quantitative estimate of drug-likeness (QED) is 0.626. The lowest BCUT2D eigenvalue weighted by molar-refractivity contribution is -0.159. The highest BCUT2D eigenvalue weighted by Gasteiger charge is 2.34. The molecular weight excluding hydrogens is 246 g/mol. The van der Waals surface area contributed by atoms with E-state index in [0.29, 0.717) is 13.0 Å². The van der Waals surface area contributed by atoms with Crippen LogP contribution in [0.4, 0.5) is 0 Å². The van der Waals surface area contributed by atoms with E-state index in [0.717, 1.165) is 0 Å². The van der Waals surface area contributed by atoms with Crippen LogP contribution in [0, 0.1) is 23.7 Å². The summed E-state index contributed by atoms with van der Waals surface area (Å²) in [6, 6.07) is 0. The highest BCUT2D eigenvalue weighted by atomic mass is 16.5. The highest BCUT2D eigenvalue weighted by molar-refractivity contribution is 5.81. The van der Waals surface area contributed by atoms with Gasteiger partial charge in [-0.1, -0.05) is 27.7 Å². The zero-order chi connectivity index (χ0) is 15.0. The van der Waals surface area contributed by atoms with Gasteiger partial charge in [0.25, 0.3) is 0 Å². The third-order valence-electron chi connectivity index (χ3n) is 2.81. The van der Waals surface area contributed by atoms with Crippen LogP contribution in [0.25, 0.3) is 0 Å². The van der Waals surface area contributed by atoms with Gasteiger partial charge >= 0.3 is 11.9 Å². The maximum atomic E-state index is 12.1. The molecule has 0 heterocycles. The molecule has 0 amide bonds. The summed E-state index contributed by atoms with van der Waals surface area (Å²) in [6.07, 6.45) is 0.523. The first-order chi connectivity index (χ1) is 8.79. The van der Waals surface area contributed by atoms with Gasteiger partial charge in [-0.25, -0.2) is 0 Å². The number of hydrogen-bond acceptors (Lipinski definition) is 4. The minimum absolute atomic E-state index is 0.246. The van der Waals surface area contributed by atoms with Crippen LogP contribution in [0.2, 0.25) is 0 Å². The summed E-state index contributed by atoms with van der Waals surface area (Å²) >= 11 is 0. The molecule has 19 heavy (non-hydrogen) atoms. The predicted octanol–water partition coefficient (Wildman–Crippen LogP) is 1.77. The van der Waals surface area contributed by atoms with Crippen molar-refractivity contribution in [1.82, 2.24) is 5.32 Å². The Bertz CT molecular complexity index is 289. The summed E-state index contributed by atoms with van der Waals surface area (Å²) < 4.78 is 5.21. The van der Waals surface area contributed by atoms with Gasteiger partial charge in [-0.3, -0.25) is 9.59 Å². The van der Waals surface area contributed by atoms with Crippen molar-refractivity contribution < 1.29 is 19.4 Å². The van der Waals surface area contributed by atoms with Gasteiger partial charge < -0.3 is 15.2 Å². The van der Waals surface area contributed by atoms with Crippen LogP contribution in [0.1, 0.15) is 34.1 Å². The van der Waals surface area contributed by atoms with E-state index in [1.54, 1.807) is 7.05 Å². The molecular formula is C14H27NO4. The Hall–Kier alpha value is -1.10. The van der Waals surface area contributed by atoms with Gasteiger partial charge in [-0.2, -0.15) is 0 Å². The molecule has 0 saturated heterocycles. The second kappa shape index (κ2) is 8.91. The number of esters is 1. The van der Waals surface area contributed by atoms with Crippen molar-refractivity contribution in [2.45, 2.75) is 34.1 Å². The molecule has 0 unspecified atom stereocenters. The van der Waals surface area contributed by atoms with E-state index in [9.17, 15) is 14.7 Å². The average molecular weight is 273 g/mol. The van der Waals surface area contributed by atoms with Crippen molar-refractivity contribution in [3.8, 4) is 0 Å². The maximum Gasteiger partial charge on any atom is 0.309 e. The maximum absolute atomic E-state index is 12.1. The Morgan fingerprint density at radius 2 is 1.68 bits per heavy atom. The number of carbonyl (C=O) groups is 2. The fourth-order valence-corrected chi connectivity index (χ4v) is 1.91. The van der Waals surface area contributed by atoms with E-state index in [-0.39, 0.29) is 18.4 Å². The molecule has 0 spiro atoms. The molecule has 0 aliphatic rings. The normalized spacial score (nSPS) is 14.5. The number of hydrogen-bond donors (Lipinski definition) is 2. The molecule has 5 nitrogen and oxygen atoms in total. The van der Waals surface area contributed by atoms with Gasteiger partial charge in [0.15, 0.2) is 0 Å². The predicted molar refractivity (Wildman–Crippen MR) is 73.8 cm³/mol. The van der Waals surface area contributed by atoms with Gasteiger partial charge in [-0.15, -0.1) is 0 Å². The molecule has 112 valence electrons. The Morgan fingerprint density at radius 1 is 1.11 bits per heavy atom. The zero-order valence-electron chi connectivity index (χ0n) is 12.6. The van der Waals surface area contributed by atoms with Crippen LogP contribution < -0.4 is 5.32 Å². The number of carboxylic acid groups (broad SMARTS) is 1. The summed E-state index contributed by atoms with van der Waals surface area (Å²) in [7, 11) is 1.68. The van der Waals surface area contributed by atoms with Crippen molar-refractivity contribution >= 4 is 11.9 Å². The SMILES string of the molecule is CNC[C@H](C(=O)O)[C@@H](CC(C)C)C(=O)OCC(C)C. The Kier molecular flexibility index (Phi) is 8.39. The average Bonchev–Trinajstić information content (AvgIpc) is 2.29. The van der Waals surface area contributed by atoms with Gasteiger partial charge in [-0.05, 0) is 25.3 Å². The number of carboxylic acids is 1. The molecule has 0 rings (SSSR count). The lowest BCUT2D eigenvalue weighted by Crippen LogP contribution is -2.38. The van der Waals surface area contributed by atoms with Crippen LogP contribution in [0.15, 0.2) is 0 Å². The number of carbonyl (C=O) groups excluding carboxylic acids is 1. The summed E-state index contributed by atoms with van der Waals surface area (Å²) in [5.74, 6) is -2.20. The molecule has 0 aromatic heterocycles. The van der Waals surface area contributed by atoms with Crippen LogP contribution in [0.5, 0.6) is 0 Å². The van der Waals surface area contributed by atoms with Gasteiger partial charge in [0, 0.05) is 6.54 Å². The van der Waals surface area contributed by atoms with Crippen LogP contribution >= 0.6 is 0 Å². The second-order valence-electron chi connectivity index (χ2n) is 5.76. The van der Waals surface area contributed by atoms with Crippen LogP contribution in [0.3, 0.4) is 0 Å². The number of aliphatic carboxylic acids is 1. The highest BCUT2D eigenvalue weighted by Crippen LogP contribution is 2.23. The van der Waals surface area contributed by atoms with Gasteiger partial charge in [0.1, 0.15) is 0 Å². The monoisotopic (exact) mass is 273 g/mol. The topological polar surface area (TPSA) is 75.6 Å². The molecule has 5 heteroatoms. The van der Waals surface area contributed by atoms with Gasteiger partial charge in [0.05, 0.1) is 18.4 Å². The second-order valence-corrected chi connectivity index (χ2v) is 5.76. The minimum Gasteiger partial charge on any atom is -0.481 e. The van der Waals surface area contributed by atoms with Crippen molar-refractivity contribution in [2.75, 3.05) is 20.2 Å². The van der Waals surface area contributed by atoms with Crippen molar-refractivity contribution in [2.24, 2.45) is 23.7 Å². The lowest BCUT2D eigenvalue weighted by Gasteiger charge is -2.24. The molecule has 0 aromatic carbocycles. The Balaban J connectivity index is 4.84. The molecule has 0 saturated carbocycles. The van der Waals surface area contributed by atoms with Crippen LogP contribution in [-0.2, 0) is 14.3 Å². The summed E-state index contributed by atoms with van der Waals surface area (Å²) in [5.41, 5.74) is 0. The van der Waals surface area contributed by atoms with Crippen molar-refractivity contribution in [3.63, 3.8) is 0 Å². The summed E-state index contributed by atoms with van der Waals surface area (Å²) in [4.78, 5) is 23.4. The van der Waals surface area contributed by atoms with E-state index >= 15 is 0 Å². The molecule has 2 atom stereocenters. The first kappa shape index (κ1) is 17.9. The molecule has 0 radical (unpaired) electrons. The van der Waals surface area contributed by atoms with Crippen molar-refractivity contribution in [3.05, 3.63) is 0 Å². The van der Waals surface area contributed by atoms with E-state index in [1.807, 2.05) is 27.7 Å². The third kappa shape index (κ3) is 7.15. The molecule has 0 fully saturated rings. The van der Waals surface area contributed by atoms with E-state index in [2.05, 4.69) is 5.32 Å². The number of nitrogens with one attached hydrogen (secondary N) is 1. The standard InChI is InChI=1S/C14H27NO4/c1-9(2)6-11(12(7-15-5)13(16)17)14(18)19-8-10(3)4/h9-12,15H,6-8H2,1-5H3,(H,16,17)/t11-,12+/m1/s1. The third-order valence-corrected chi connectivity index (χ3v) is 2.81. The fraction of sp³-hybridized carbons (Fsp3) is 0.857. The van der Waals surface area contributed by atoms with Gasteiger partial charge in [0.2, 0.25) is 0 Å². The zero-order valence-corrected chi connectivity index (χ0v) is 12.6.